The highest BCUT2D eigenvalue weighted by atomic mass is 16.6. The average Bonchev–Trinajstić information content (AvgIpc) is 2.22. The molecule has 0 bridgehead atoms. The standard InChI is InChI=1S/C13H16O3/c1-8-6-10(7-14)9(2)12-11(8)4-5-13(3,15)16-12/h6-7,15H,4-5H2,1-3H3. The number of aldehydes is 1. The number of benzene rings is 1. The molecule has 3 nitrogen and oxygen atoms in total. The molecule has 0 saturated carbocycles. The number of carbonyl (C=O) groups is 1. The van der Waals surface area contributed by atoms with Crippen molar-refractivity contribution in [2.24, 2.45) is 0 Å². The van der Waals surface area contributed by atoms with Crippen molar-refractivity contribution >= 4 is 6.29 Å². The van der Waals surface area contributed by atoms with Crippen LogP contribution in [-0.4, -0.2) is 17.2 Å². The summed E-state index contributed by atoms with van der Waals surface area (Å²) in [6.07, 6.45) is 2.20. The first-order chi connectivity index (χ1) is 7.44. The van der Waals surface area contributed by atoms with Crippen LogP contribution >= 0.6 is 0 Å². The molecule has 0 radical (unpaired) electrons. The Morgan fingerprint density at radius 3 is 2.81 bits per heavy atom. The van der Waals surface area contributed by atoms with E-state index in [-0.39, 0.29) is 0 Å². The third-order valence-electron chi connectivity index (χ3n) is 3.18. The molecule has 1 aliphatic heterocycles. The van der Waals surface area contributed by atoms with Gasteiger partial charge in [-0.25, -0.2) is 0 Å². The predicted octanol–water partition coefficient (Wildman–Crippen LogP) is 2.15. The van der Waals surface area contributed by atoms with Crippen LogP contribution in [-0.2, 0) is 6.42 Å². The zero-order chi connectivity index (χ0) is 11.9. The van der Waals surface area contributed by atoms with Crippen molar-refractivity contribution in [3.8, 4) is 5.75 Å². The molecule has 1 aromatic carbocycles. The average molecular weight is 220 g/mol. The fourth-order valence-corrected chi connectivity index (χ4v) is 2.16. The lowest BCUT2D eigenvalue weighted by Crippen LogP contribution is -2.36. The van der Waals surface area contributed by atoms with E-state index in [4.69, 9.17) is 4.74 Å². The predicted molar refractivity (Wildman–Crippen MR) is 60.9 cm³/mol. The number of aliphatic hydroxyl groups is 1. The number of hydrogen-bond acceptors (Lipinski definition) is 3. The molecule has 1 unspecified atom stereocenters. The molecular weight excluding hydrogens is 204 g/mol. The summed E-state index contributed by atoms with van der Waals surface area (Å²) >= 11 is 0. The highest BCUT2D eigenvalue weighted by molar-refractivity contribution is 5.80. The van der Waals surface area contributed by atoms with Crippen LogP contribution in [0.1, 0.15) is 40.4 Å². The van der Waals surface area contributed by atoms with Crippen LogP contribution in [0.25, 0.3) is 0 Å². The molecule has 0 aliphatic carbocycles. The Bertz CT molecular complexity index is 447. The lowest BCUT2D eigenvalue weighted by Gasteiger charge is -2.33. The first-order valence-corrected chi connectivity index (χ1v) is 5.44. The van der Waals surface area contributed by atoms with Gasteiger partial charge in [0.25, 0.3) is 0 Å². The zero-order valence-electron chi connectivity index (χ0n) is 9.83. The van der Waals surface area contributed by atoms with Crippen molar-refractivity contribution in [2.75, 3.05) is 0 Å². The molecule has 0 amide bonds. The van der Waals surface area contributed by atoms with Gasteiger partial charge in [-0.3, -0.25) is 4.79 Å². The van der Waals surface area contributed by atoms with E-state index in [1.165, 1.54) is 0 Å². The van der Waals surface area contributed by atoms with E-state index in [9.17, 15) is 9.90 Å². The highest BCUT2D eigenvalue weighted by Crippen LogP contribution is 2.37. The minimum absolute atomic E-state index is 0.584. The van der Waals surface area contributed by atoms with E-state index < -0.39 is 5.79 Å². The minimum atomic E-state index is -1.12. The Morgan fingerprint density at radius 2 is 2.19 bits per heavy atom. The molecule has 1 atom stereocenters. The van der Waals surface area contributed by atoms with Crippen LogP contribution in [0.15, 0.2) is 6.07 Å². The zero-order valence-corrected chi connectivity index (χ0v) is 9.83. The SMILES string of the molecule is Cc1cc(C=O)c(C)c2c1CCC(C)(O)O2. The van der Waals surface area contributed by atoms with Crippen LogP contribution in [0.4, 0.5) is 0 Å². The molecule has 1 heterocycles. The Hall–Kier alpha value is -1.35. The van der Waals surface area contributed by atoms with Gasteiger partial charge in [0.05, 0.1) is 0 Å². The molecule has 1 aliphatic rings. The maximum absolute atomic E-state index is 10.9. The summed E-state index contributed by atoms with van der Waals surface area (Å²) in [5.41, 5.74) is 3.61. The van der Waals surface area contributed by atoms with E-state index in [1.807, 2.05) is 19.9 Å². The number of aryl methyl sites for hydroxylation is 1. The minimum Gasteiger partial charge on any atom is -0.462 e. The molecule has 3 heteroatoms. The molecule has 1 N–H and O–H groups in total. The van der Waals surface area contributed by atoms with Crippen LogP contribution in [0.3, 0.4) is 0 Å². The monoisotopic (exact) mass is 220 g/mol. The molecule has 1 aromatic rings. The maximum atomic E-state index is 10.9. The van der Waals surface area contributed by atoms with Crippen molar-refractivity contribution in [3.05, 3.63) is 28.3 Å². The topological polar surface area (TPSA) is 46.5 Å². The third kappa shape index (κ3) is 1.71. The summed E-state index contributed by atoms with van der Waals surface area (Å²) in [5, 5.41) is 9.89. The fourth-order valence-electron chi connectivity index (χ4n) is 2.16. The Kier molecular flexibility index (Phi) is 2.50. The van der Waals surface area contributed by atoms with Gasteiger partial charge in [-0.2, -0.15) is 0 Å². The van der Waals surface area contributed by atoms with Crippen molar-refractivity contribution in [1.29, 1.82) is 0 Å². The first kappa shape index (κ1) is 11.1. The second kappa shape index (κ2) is 3.59. The number of hydrogen-bond donors (Lipinski definition) is 1. The van der Waals surface area contributed by atoms with Crippen LogP contribution in [0.2, 0.25) is 0 Å². The molecule has 0 spiro atoms. The van der Waals surface area contributed by atoms with Crippen LogP contribution in [0.5, 0.6) is 5.75 Å². The largest absolute Gasteiger partial charge is 0.462 e. The van der Waals surface area contributed by atoms with E-state index >= 15 is 0 Å². The second-order valence-corrected chi connectivity index (χ2v) is 4.61. The Balaban J connectivity index is 2.60. The molecule has 2 rings (SSSR count). The lowest BCUT2D eigenvalue weighted by molar-refractivity contribution is -0.134. The van der Waals surface area contributed by atoms with Crippen molar-refractivity contribution in [1.82, 2.24) is 0 Å². The van der Waals surface area contributed by atoms with Gasteiger partial charge in [-0.05, 0) is 37.5 Å². The van der Waals surface area contributed by atoms with Gasteiger partial charge >= 0.3 is 0 Å². The summed E-state index contributed by atoms with van der Waals surface area (Å²) in [4.78, 5) is 10.9. The molecule has 0 saturated heterocycles. The molecule has 86 valence electrons. The van der Waals surface area contributed by atoms with E-state index in [2.05, 4.69) is 0 Å². The number of fused-ring (bicyclic) bond motifs is 1. The number of rotatable bonds is 1. The third-order valence-corrected chi connectivity index (χ3v) is 3.18. The summed E-state index contributed by atoms with van der Waals surface area (Å²) in [6, 6.07) is 1.88. The summed E-state index contributed by atoms with van der Waals surface area (Å²) in [5.74, 6) is -0.440. The number of ether oxygens (including phenoxy) is 1. The van der Waals surface area contributed by atoms with Gasteiger partial charge in [-0.1, -0.05) is 0 Å². The van der Waals surface area contributed by atoms with E-state index in [0.29, 0.717) is 17.7 Å². The van der Waals surface area contributed by atoms with Gasteiger partial charge in [0.1, 0.15) is 12.0 Å². The van der Waals surface area contributed by atoms with Crippen LogP contribution in [0, 0.1) is 13.8 Å². The summed E-state index contributed by atoms with van der Waals surface area (Å²) in [6.45, 7) is 5.47. The normalized spacial score (nSPS) is 23.5. The van der Waals surface area contributed by atoms with Gasteiger partial charge < -0.3 is 9.84 Å². The van der Waals surface area contributed by atoms with Gasteiger partial charge in [-0.15, -0.1) is 0 Å². The smallest absolute Gasteiger partial charge is 0.205 e. The van der Waals surface area contributed by atoms with E-state index in [1.54, 1.807) is 6.92 Å². The quantitative estimate of drug-likeness (QED) is 0.738. The molecule has 0 fully saturated rings. The molecule has 0 aromatic heterocycles. The van der Waals surface area contributed by atoms with Gasteiger partial charge in [0.15, 0.2) is 0 Å². The Morgan fingerprint density at radius 1 is 1.50 bits per heavy atom. The maximum Gasteiger partial charge on any atom is 0.205 e. The second-order valence-electron chi connectivity index (χ2n) is 4.61. The summed E-state index contributed by atoms with van der Waals surface area (Å²) < 4.78 is 5.57. The summed E-state index contributed by atoms with van der Waals surface area (Å²) in [7, 11) is 0. The molecule has 16 heavy (non-hydrogen) atoms. The Labute approximate surface area is 95.0 Å². The van der Waals surface area contributed by atoms with Crippen molar-refractivity contribution < 1.29 is 14.6 Å². The van der Waals surface area contributed by atoms with Gasteiger partial charge in [0.2, 0.25) is 5.79 Å². The van der Waals surface area contributed by atoms with E-state index in [0.717, 1.165) is 29.4 Å². The fraction of sp³-hybridized carbons (Fsp3) is 0.462. The van der Waals surface area contributed by atoms with Gasteiger partial charge in [0, 0.05) is 24.5 Å². The number of carbonyl (C=O) groups excluding carboxylic acids is 1. The molecular formula is C13H16O3. The first-order valence-electron chi connectivity index (χ1n) is 5.44. The lowest BCUT2D eigenvalue weighted by atomic mass is 9.92. The highest BCUT2D eigenvalue weighted by Gasteiger charge is 2.31. The van der Waals surface area contributed by atoms with Crippen LogP contribution < -0.4 is 4.74 Å². The van der Waals surface area contributed by atoms with Crippen molar-refractivity contribution in [2.45, 2.75) is 39.4 Å². The van der Waals surface area contributed by atoms with Crippen molar-refractivity contribution in [3.63, 3.8) is 0 Å².